The topological polar surface area (TPSA) is 0 Å². The first-order chi connectivity index (χ1) is 2.00. The summed E-state index contributed by atoms with van der Waals surface area (Å²) in [5.41, 5.74) is 0. The molecule has 0 amide bonds. The average molecular weight is 171 g/mol. The van der Waals surface area contributed by atoms with Gasteiger partial charge in [0.1, 0.15) is 0 Å². The third-order valence-electron chi connectivity index (χ3n) is 0. The molecule has 0 aliphatic rings. The maximum absolute atomic E-state index is 4.06. The Morgan fingerprint density at radius 1 is 1.25 bits per heavy atom. The van der Waals surface area contributed by atoms with Gasteiger partial charge in [-0.3, -0.25) is 0 Å². The Bertz CT molecular complexity index is 8.00. The molecular weight excluding hydrogens is 167 g/mol. The zero-order chi connectivity index (χ0) is 4.00. The van der Waals surface area contributed by atoms with Crippen LogP contribution in [-0.2, 0) is 13.7 Å². The van der Waals surface area contributed by atoms with Crippen LogP contribution in [0.15, 0.2) is 13.2 Å². The molecule has 2 heteroatoms. The van der Waals surface area contributed by atoms with E-state index in [1.165, 1.54) is 0 Å². The van der Waals surface area contributed by atoms with Crippen molar-refractivity contribution in [3.8, 4) is 0 Å². The standard InChI is InChI=1S/C2H4.Cu.Se/c1-2;;/h1-2H2;;. The SMILES string of the molecule is C=C.[Cu]=[Se]. The van der Waals surface area contributed by atoms with Gasteiger partial charge in [-0.15, -0.1) is 13.2 Å². The molecule has 0 saturated heterocycles. The summed E-state index contributed by atoms with van der Waals surface area (Å²) < 4.78 is 0. The zero-order valence-corrected chi connectivity index (χ0v) is 4.78. The molecule has 4 heavy (non-hydrogen) atoms. The number of rotatable bonds is 0. The summed E-state index contributed by atoms with van der Waals surface area (Å²) in [6.07, 6.45) is 0. The number of hydrogen-bond acceptors (Lipinski definition) is 0. The van der Waals surface area contributed by atoms with E-state index in [1.807, 2.05) is 0 Å². The first-order valence-corrected chi connectivity index (χ1v) is 3.14. The monoisotopic (exact) mass is 171 g/mol. The van der Waals surface area contributed by atoms with Crippen molar-refractivity contribution in [2.45, 2.75) is 0 Å². The molecule has 29 valence electrons. The third kappa shape index (κ3) is 14.5. The van der Waals surface area contributed by atoms with Gasteiger partial charge < -0.3 is 0 Å². The van der Waals surface area contributed by atoms with Crippen LogP contribution >= 0.6 is 0 Å². The van der Waals surface area contributed by atoms with Crippen LogP contribution in [0.5, 0.6) is 0 Å². The van der Waals surface area contributed by atoms with Crippen LogP contribution in [0, 0.1) is 0 Å². The Balaban J connectivity index is 0. The normalized spacial score (nSPS) is 2.50. The van der Waals surface area contributed by atoms with E-state index in [9.17, 15) is 0 Å². The molecule has 0 aliphatic carbocycles. The van der Waals surface area contributed by atoms with Gasteiger partial charge in [0.15, 0.2) is 0 Å². The van der Waals surface area contributed by atoms with Gasteiger partial charge in [0.05, 0.1) is 0 Å². The van der Waals surface area contributed by atoms with Crippen LogP contribution in [0.2, 0.25) is 0 Å². The first-order valence-electron chi connectivity index (χ1n) is 0.623. The van der Waals surface area contributed by atoms with Crippen molar-refractivity contribution in [3.63, 3.8) is 0 Å². The molecule has 0 fully saturated rings. The molecule has 0 saturated carbocycles. The molecule has 0 rings (SSSR count). The molecule has 0 N–H and O–H groups in total. The van der Waals surface area contributed by atoms with Gasteiger partial charge in [0.2, 0.25) is 0 Å². The summed E-state index contributed by atoms with van der Waals surface area (Å²) in [5, 5.41) is 0. The van der Waals surface area contributed by atoms with E-state index < -0.39 is 0 Å². The third-order valence-corrected chi connectivity index (χ3v) is 0. The fourth-order valence-corrected chi connectivity index (χ4v) is 0. The second-order valence-corrected chi connectivity index (χ2v) is 0. The Morgan fingerprint density at radius 3 is 1.25 bits per heavy atom. The van der Waals surface area contributed by atoms with Gasteiger partial charge in [-0.05, 0) is 0 Å². The Morgan fingerprint density at radius 2 is 1.25 bits per heavy atom. The van der Waals surface area contributed by atoms with Crippen LogP contribution < -0.4 is 0 Å². The van der Waals surface area contributed by atoms with Gasteiger partial charge in [0.25, 0.3) is 0 Å². The number of hydrogen-bond donors (Lipinski definition) is 0. The van der Waals surface area contributed by atoms with E-state index in [4.69, 9.17) is 0 Å². The van der Waals surface area contributed by atoms with E-state index in [-0.39, 0.29) is 0 Å². The summed E-state index contributed by atoms with van der Waals surface area (Å²) in [7, 11) is 0. The molecule has 0 atom stereocenters. The second-order valence-electron chi connectivity index (χ2n) is 0. The van der Waals surface area contributed by atoms with Crippen molar-refractivity contribution in [3.05, 3.63) is 13.2 Å². The first kappa shape index (κ1) is 8.84. The fraction of sp³-hybridized carbons (Fsp3) is 0. The van der Waals surface area contributed by atoms with Crippen molar-refractivity contribution < 1.29 is 13.7 Å². The van der Waals surface area contributed by atoms with Gasteiger partial charge in [-0.25, -0.2) is 0 Å². The van der Waals surface area contributed by atoms with Gasteiger partial charge >= 0.3 is 27.3 Å². The Labute approximate surface area is 40.8 Å². The fourth-order valence-electron chi connectivity index (χ4n) is 0. The van der Waals surface area contributed by atoms with Gasteiger partial charge in [-0.1, -0.05) is 0 Å². The molecule has 0 unspecified atom stereocenters. The Kier molecular flexibility index (Phi) is 106. The van der Waals surface area contributed by atoms with E-state index in [0.29, 0.717) is 0 Å². The van der Waals surface area contributed by atoms with E-state index in [1.54, 1.807) is 0 Å². The predicted molar refractivity (Wildman–Crippen MR) is 17.0 cm³/mol. The van der Waals surface area contributed by atoms with Crippen molar-refractivity contribution in [2.24, 2.45) is 0 Å². The molecule has 0 spiro atoms. The van der Waals surface area contributed by atoms with Crippen molar-refractivity contribution in [2.75, 3.05) is 0 Å². The van der Waals surface area contributed by atoms with Crippen molar-refractivity contribution >= 4 is 13.7 Å². The molecule has 0 heterocycles. The predicted octanol–water partition coefficient (Wildman–Crippen LogP) is 0.419. The van der Waals surface area contributed by atoms with Crippen LogP contribution in [0.1, 0.15) is 0 Å². The molecule has 0 aliphatic heterocycles. The molecule has 0 aromatic carbocycles. The van der Waals surface area contributed by atoms with Crippen molar-refractivity contribution in [1.82, 2.24) is 0 Å². The molecule has 0 nitrogen and oxygen atoms in total. The van der Waals surface area contributed by atoms with Crippen molar-refractivity contribution in [1.29, 1.82) is 0 Å². The molecule has 0 aromatic rings. The van der Waals surface area contributed by atoms with E-state index >= 15 is 0 Å². The average Bonchev–Trinajstić information content (AvgIpc) is 1.50. The zero-order valence-electron chi connectivity index (χ0n) is 2.12. The molecule has 0 aromatic heterocycles. The summed E-state index contributed by atoms with van der Waals surface area (Å²) in [6.45, 7) is 6.00. The molecule has 0 bridgehead atoms. The second kappa shape index (κ2) is 48.1. The van der Waals surface area contributed by atoms with Crippen LogP contribution in [0.25, 0.3) is 0 Å². The van der Waals surface area contributed by atoms with Gasteiger partial charge in [-0.2, -0.15) is 0 Å². The van der Waals surface area contributed by atoms with Crippen LogP contribution in [-0.4, -0.2) is 13.7 Å². The minimum atomic E-state index is 2.19. The van der Waals surface area contributed by atoms with Crippen LogP contribution in [0.3, 0.4) is 0 Å². The summed E-state index contributed by atoms with van der Waals surface area (Å²) >= 11 is 6.25. The van der Waals surface area contributed by atoms with E-state index in [0.717, 1.165) is 0 Å². The summed E-state index contributed by atoms with van der Waals surface area (Å²) in [5.74, 6) is 0. The van der Waals surface area contributed by atoms with Crippen LogP contribution in [0.4, 0.5) is 0 Å². The molecule has 0 radical (unpaired) electrons. The summed E-state index contributed by atoms with van der Waals surface area (Å²) in [6, 6.07) is 0. The summed E-state index contributed by atoms with van der Waals surface area (Å²) in [4.78, 5) is 0. The Hall–Kier alpha value is 0.779. The molecular formula is C2H4CuSe. The van der Waals surface area contributed by atoms with Gasteiger partial charge in [0, 0.05) is 0 Å². The minimum absolute atomic E-state index is 2.19. The quantitative estimate of drug-likeness (QED) is 0.365. The maximum atomic E-state index is 4.06. The van der Waals surface area contributed by atoms with E-state index in [2.05, 4.69) is 40.5 Å².